The predicted octanol–water partition coefficient (Wildman–Crippen LogP) is 5.05. The molecule has 3 aromatic rings. The minimum absolute atomic E-state index is 0.167. The summed E-state index contributed by atoms with van der Waals surface area (Å²) in [7, 11) is 0. The monoisotopic (exact) mass is 393 g/mol. The number of hydrogen-bond acceptors (Lipinski definition) is 4. The molecule has 0 bridgehead atoms. The average Bonchev–Trinajstić information content (AvgIpc) is 3.35. The van der Waals surface area contributed by atoms with E-state index in [4.69, 9.17) is 16.6 Å². The smallest absolute Gasteiger partial charge is 0.257 e. The molecule has 2 heterocycles. The summed E-state index contributed by atoms with van der Waals surface area (Å²) in [5, 5.41) is 14.7. The van der Waals surface area contributed by atoms with Crippen LogP contribution in [0.5, 0.6) is 0 Å². The highest BCUT2D eigenvalue weighted by atomic mass is 35.5. The number of hydrogen-bond donors (Lipinski definition) is 1. The number of nitrogens with one attached hydrogen (secondary N) is 1. The lowest BCUT2D eigenvalue weighted by Crippen LogP contribution is -2.15. The standard InChI is InChI=1S/C21H16ClN3OS/c22-11-7-8-17-14(9-11)19(13-4-1-5-16(13)24-17)20(26)25-21-15(10-23)12-3-2-6-18(12)27-21/h7-9H,1-6H2,(H,25,26). The number of carbonyl (C=O) groups is 1. The summed E-state index contributed by atoms with van der Waals surface area (Å²) in [5.41, 5.74) is 5.22. The Hall–Kier alpha value is -2.42. The quantitative estimate of drug-likeness (QED) is 0.662. The third-order valence-corrected chi connectivity index (χ3v) is 6.90. The molecule has 0 aliphatic heterocycles. The number of carbonyl (C=O) groups excluding carboxylic acids is 1. The summed E-state index contributed by atoms with van der Waals surface area (Å²) in [6.45, 7) is 0. The molecule has 2 aromatic heterocycles. The molecule has 5 rings (SSSR count). The molecular formula is C21H16ClN3OS. The molecule has 0 spiro atoms. The van der Waals surface area contributed by atoms with Crippen molar-refractivity contribution in [3.63, 3.8) is 0 Å². The first-order valence-electron chi connectivity index (χ1n) is 9.12. The fraction of sp³-hybridized carbons (Fsp3) is 0.286. The fourth-order valence-electron chi connectivity index (χ4n) is 4.27. The molecule has 2 aliphatic rings. The zero-order valence-corrected chi connectivity index (χ0v) is 16.1. The van der Waals surface area contributed by atoms with E-state index in [1.807, 2.05) is 12.1 Å². The van der Waals surface area contributed by atoms with Crippen LogP contribution in [0.4, 0.5) is 5.00 Å². The Balaban J connectivity index is 1.63. The molecule has 1 amide bonds. The molecule has 1 aromatic carbocycles. The van der Waals surface area contributed by atoms with Crippen molar-refractivity contribution in [3.05, 3.63) is 56.0 Å². The molecule has 1 N–H and O–H groups in total. The second-order valence-electron chi connectivity index (χ2n) is 7.05. The number of halogens is 1. The number of pyridine rings is 1. The summed E-state index contributed by atoms with van der Waals surface area (Å²) >= 11 is 7.75. The van der Waals surface area contributed by atoms with Crippen molar-refractivity contribution in [3.8, 4) is 6.07 Å². The molecule has 0 saturated heterocycles. The lowest BCUT2D eigenvalue weighted by Gasteiger charge is -2.13. The second kappa shape index (κ2) is 6.33. The van der Waals surface area contributed by atoms with E-state index in [1.165, 1.54) is 4.88 Å². The largest absolute Gasteiger partial charge is 0.312 e. The number of amides is 1. The highest BCUT2D eigenvalue weighted by molar-refractivity contribution is 7.16. The molecule has 0 unspecified atom stereocenters. The molecule has 2 aliphatic carbocycles. The van der Waals surface area contributed by atoms with Gasteiger partial charge in [-0.2, -0.15) is 5.26 Å². The summed E-state index contributed by atoms with van der Waals surface area (Å²) in [6, 6.07) is 7.78. The van der Waals surface area contributed by atoms with Crippen LogP contribution in [-0.2, 0) is 25.7 Å². The number of aryl methyl sites for hydroxylation is 2. The number of thiophene rings is 1. The number of nitriles is 1. The molecule has 134 valence electrons. The Kier molecular flexibility index (Phi) is 3.92. The van der Waals surface area contributed by atoms with Crippen molar-refractivity contribution in [2.45, 2.75) is 38.5 Å². The van der Waals surface area contributed by atoms with Crippen LogP contribution in [0.3, 0.4) is 0 Å². The summed E-state index contributed by atoms with van der Waals surface area (Å²) in [5.74, 6) is -0.167. The summed E-state index contributed by atoms with van der Waals surface area (Å²) in [6.07, 6.45) is 5.75. The number of nitrogens with zero attached hydrogens (tertiary/aromatic N) is 2. The van der Waals surface area contributed by atoms with Gasteiger partial charge in [0.25, 0.3) is 5.91 Å². The van der Waals surface area contributed by atoms with E-state index < -0.39 is 0 Å². The van der Waals surface area contributed by atoms with E-state index in [9.17, 15) is 10.1 Å². The van der Waals surface area contributed by atoms with Gasteiger partial charge >= 0.3 is 0 Å². The number of fused-ring (bicyclic) bond motifs is 3. The summed E-state index contributed by atoms with van der Waals surface area (Å²) < 4.78 is 0. The fourth-order valence-corrected chi connectivity index (χ4v) is 5.68. The van der Waals surface area contributed by atoms with Gasteiger partial charge in [-0.05, 0) is 67.9 Å². The van der Waals surface area contributed by atoms with Crippen molar-refractivity contribution >= 4 is 44.7 Å². The average molecular weight is 394 g/mol. The van der Waals surface area contributed by atoms with E-state index in [0.717, 1.165) is 66.2 Å². The van der Waals surface area contributed by atoms with Gasteiger partial charge in [0.05, 0.1) is 16.6 Å². The minimum atomic E-state index is -0.167. The Bertz CT molecular complexity index is 1160. The van der Waals surface area contributed by atoms with Crippen molar-refractivity contribution in [2.75, 3.05) is 5.32 Å². The van der Waals surface area contributed by atoms with Crippen LogP contribution in [0.25, 0.3) is 10.9 Å². The van der Waals surface area contributed by atoms with Crippen molar-refractivity contribution in [1.82, 2.24) is 4.98 Å². The van der Waals surface area contributed by atoms with Crippen LogP contribution in [0.15, 0.2) is 18.2 Å². The first-order valence-corrected chi connectivity index (χ1v) is 10.3. The number of rotatable bonds is 2. The van der Waals surface area contributed by atoms with Crippen LogP contribution in [0.2, 0.25) is 5.02 Å². The van der Waals surface area contributed by atoms with Gasteiger partial charge in [-0.15, -0.1) is 11.3 Å². The van der Waals surface area contributed by atoms with Crippen LogP contribution in [0, 0.1) is 11.3 Å². The van der Waals surface area contributed by atoms with Gasteiger partial charge in [0, 0.05) is 21.0 Å². The van der Waals surface area contributed by atoms with Gasteiger partial charge in [-0.1, -0.05) is 11.6 Å². The Morgan fingerprint density at radius 3 is 2.85 bits per heavy atom. The normalized spacial score (nSPS) is 14.8. The maximum absolute atomic E-state index is 13.3. The number of benzene rings is 1. The minimum Gasteiger partial charge on any atom is -0.312 e. The summed E-state index contributed by atoms with van der Waals surface area (Å²) in [4.78, 5) is 19.3. The third-order valence-electron chi connectivity index (χ3n) is 5.46. The Morgan fingerprint density at radius 1 is 1.19 bits per heavy atom. The zero-order valence-electron chi connectivity index (χ0n) is 14.6. The lowest BCUT2D eigenvalue weighted by atomic mass is 10.0. The van der Waals surface area contributed by atoms with Gasteiger partial charge in [-0.3, -0.25) is 9.78 Å². The van der Waals surface area contributed by atoms with Crippen LogP contribution < -0.4 is 5.32 Å². The predicted molar refractivity (Wildman–Crippen MR) is 108 cm³/mol. The van der Waals surface area contributed by atoms with E-state index in [0.29, 0.717) is 21.2 Å². The maximum Gasteiger partial charge on any atom is 0.257 e. The molecule has 0 atom stereocenters. The molecule has 4 nitrogen and oxygen atoms in total. The maximum atomic E-state index is 13.3. The van der Waals surface area contributed by atoms with Crippen LogP contribution in [0.1, 0.15) is 50.5 Å². The van der Waals surface area contributed by atoms with Crippen molar-refractivity contribution in [2.24, 2.45) is 0 Å². The van der Waals surface area contributed by atoms with E-state index >= 15 is 0 Å². The first kappa shape index (κ1) is 16.7. The van der Waals surface area contributed by atoms with Crippen LogP contribution in [-0.4, -0.2) is 10.9 Å². The molecular weight excluding hydrogens is 378 g/mol. The number of aromatic nitrogens is 1. The number of anilines is 1. The molecule has 0 fully saturated rings. The highest BCUT2D eigenvalue weighted by Gasteiger charge is 2.27. The lowest BCUT2D eigenvalue weighted by molar-refractivity contribution is 0.102. The van der Waals surface area contributed by atoms with Crippen molar-refractivity contribution < 1.29 is 4.79 Å². The molecule has 0 radical (unpaired) electrons. The van der Waals surface area contributed by atoms with E-state index in [1.54, 1.807) is 17.4 Å². The van der Waals surface area contributed by atoms with Gasteiger partial charge in [0.1, 0.15) is 11.1 Å². The molecule has 6 heteroatoms. The third kappa shape index (κ3) is 2.63. The van der Waals surface area contributed by atoms with E-state index in [-0.39, 0.29) is 5.91 Å². The first-order chi connectivity index (χ1) is 13.2. The molecule has 0 saturated carbocycles. The highest BCUT2D eigenvalue weighted by Crippen LogP contribution is 2.39. The Morgan fingerprint density at radius 2 is 2.00 bits per heavy atom. The van der Waals surface area contributed by atoms with E-state index in [2.05, 4.69) is 11.4 Å². The van der Waals surface area contributed by atoms with Gasteiger partial charge < -0.3 is 5.32 Å². The second-order valence-corrected chi connectivity index (χ2v) is 8.60. The zero-order chi connectivity index (χ0) is 18.5. The van der Waals surface area contributed by atoms with Gasteiger partial charge in [0.15, 0.2) is 0 Å². The van der Waals surface area contributed by atoms with Gasteiger partial charge in [-0.25, -0.2) is 0 Å². The Labute approximate surface area is 165 Å². The van der Waals surface area contributed by atoms with Crippen LogP contribution >= 0.6 is 22.9 Å². The SMILES string of the molecule is N#Cc1c(NC(=O)c2c3c(nc4ccc(Cl)cc24)CCC3)sc2c1CCC2. The van der Waals surface area contributed by atoms with Gasteiger partial charge in [0.2, 0.25) is 0 Å². The topological polar surface area (TPSA) is 65.8 Å². The molecule has 27 heavy (non-hydrogen) atoms. The van der Waals surface area contributed by atoms with Crippen molar-refractivity contribution in [1.29, 1.82) is 5.26 Å².